The molecule has 0 aliphatic heterocycles. The molecule has 2 rings (SSSR count). The number of benzene rings is 2. The Bertz CT molecular complexity index is 523. The van der Waals surface area contributed by atoms with Crippen LogP contribution in [0, 0.1) is 0 Å². The van der Waals surface area contributed by atoms with Gasteiger partial charge in [-0.05, 0) is 24.3 Å². The molecular weight excluding hydrogens is 259 g/mol. The van der Waals surface area contributed by atoms with Crippen LogP contribution >= 0.6 is 0 Å². The molecule has 19 heavy (non-hydrogen) atoms. The summed E-state index contributed by atoms with van der Waals surface area (Å²) in [4.78, 5) is 0. The number of hydrogen-bond acceptors (Lipinski definition) is 6. The van der Waals surface area contributed by atoms with Gasteiger partial charge < -0.3 is 20.4 Å². The van der Waals surface area contributed by atoms with Crippen molar-refractivity contribution < 1.29 is 20.4 Å². The smallest absolute Gasteiger partial charge is 0.169 e. The molecule has 93 valence electrons. The Morgan fingerprint density at radius 3 is 1.11 bits per heavy atom. The number of phenols is 4. The van der Waals surface area contributed by atoms with Crippen molar-refractivity contribution in [2.45, 2.75) is 0 Å². The van der Waals surface area contributed by atoms with Gasteiger partial charge in [0.15, 0.2) is 11.4 Å². The van der Waals surface area contributed by atoms with Crippen LogP contribution in [-0.2, 0) is 0 Å². The Hall–Kier alpha value is -1.76. The first-order valence-corrected chi connectivity index (χ1v) is 5.03. The Kier molecular flexibility index (Phi) is 5.17. The van der Waals surface area contributed by atoms with E-state index in [1.54, 1.807) is 0 Å². The van der Waals surface area contributed by atoms with Crippen molar-refractivity contribution in [1.82, 2.24) is 0 Å². The van der Waals surface area contributed by atoms with Gasteiger partial charge in [0.1, 0.15) is 23.0 Å². The molecule has 0 bridgehead atoms. The van der Waals surface area contributed by atoms with Crippen LogP contribution in [-0.4, -0.2) is 50.0 Å². The maximum absolute atomic E-state index is 9.47. The number of nitrogens with zero attached hydrogens (tertiary/aromatic N) is 2. The van der Waals surface area contributed by atoms with Gasteiger partial charge in [-0.3, -0.25) is 0 Å². The normalized spacial score (nSPS) is 10.3. The van der Waals surface area contributed by atoms with Crippen LogP contribution in [0.1, 0.15) is 0 Å². The molecule has 0 heterocycles. The molecule has 2 aromatic rings. The van der Waals surface area contributed by atoms with Crippen LogP contribution in [0.5, 0.6) is 23.0 Å². The minimum Gasteiger partial charge on any atom is -0.505 e. The van der Waals surface area contributed by atoms with Crippen LogP contribution in [0.3, 0.4) is 0 Å². The Labute approximate surface area is 131 Å². The molecule has 1 radical (unpaired) electrons. The van der Waals surface area contributed by atoms with Crippen LogP contribution in [0.2, 0.25) is 0 Å². The molecule has 0 aromatic heterocycles. The van der Waals surface area contributed by atoms with Gasteiger partial charge in [0.25, 0.3) is 0 Å². The van der Waals surface area contributed by atoms with Gasteiger partial charge in [-0.1, -0.05) is 12.1 Å². The number of aromatic hydroxyl groups is 4. The molecule has 0 saturated carbocycles. The van der Waals surface area contributed by atoms with Crippen molar-refractivity contribution >= 4 is 40.9 Å². The third kappa shape index (κ3) is 3.37. The third-order valence-electron chi connectivity index (χ3n) is 2.24. The zero-order chi connectivity index (χ0) is 13.1. The van der Waals surface area contributed by atoms with Crippen LogP contribution < -0.4 is 0 Å². The maximum atomic E-state index is 9.47. The van der Waals surface area contributed by atoms with E-state index in [0.29, 0.717) is 0 Å². The molecule has 0 amide bonds. The second-order valence-electron chi connectivity index (χ2n) is 3.49. The number of hydrogen-bond donors (Lipinski definition) is 4. The van der Waals surface area contributed by atoms with Gasteiger partial charge in [-0.2, -0.15) is 0 Å². The summed E-state index contributed by atoms with van der Waals surface area (Å²) >= 11 is 0. The van der Waals surface area contributed by atoms with E-state index in [4.69, 9.17) is 0 Å². The number of phenolic OH excluding ortho intramolecular Hbond substituents is 4. The predicted octanol–water partition coefficient (Wildman–Crippen LogP) is 2.54. The van der Waals surface area contributed by atoms with Crippen molar-refractivity contribution in [3.05, 3.63) is 36.4 Å². The van der Waals surface area contributed by atoms with E-state index < -0.39 is 0 Å². The fourth-order valence-corrected chi connectivity index (χ4v) is 1.34. The van der Waals surface area contributed by atoms with Gasteiger partial charge in [-0.15, -0.1) is 10.2 Å². The van der Waals surface area contributed by atoms with E-state index in [-0.39, 0.29) is 63.9 Å². The van der Waals surface area contributed by atoms with Gasteiger partial charge in [0.2, 0.25) is 0 Å². The molecular formula is C12H10N2NaO4. The van der Waals surface area contributed by atoms with Gasteiger partial charge in [-0.25, -0.2) is 0 Å². The zero-order valence-corrected chi connectivity index (χ0v) is 12.1. The first kappa shape index (κ1) is 15.3. The topological polar surface area (TPSA) is 106 Å². The second kappa shape index (κ2) is 6.42. The van der Waals surface area contributed by atoms with Crippen LogP contribution in [0.15, 0.2) is 46.6 Å². The van der Waals surface area contributed by atoms with Crippen LogP contribution in [0.25, 0.3) is 0 Å². The quantitative estimate of drug-likeness (QED) is 0.496. The molecule has 7 heteroatoms. The molecule has 4 N–H and O–H groups in total. The van der Waals surface area contributed by atoms with Crippen LogP contribution in [0.4, 0.5) is 11.4 Å². The van der Waals surface area contributed by atoms with Crippen molar-refractivity contribution in [3.8, 4) is 23.0 Å². The van der Waals surface area contributed by atoms with E-state index in [1.165, 1.54) is 36.4 Å². The summed E-state index contributed by atoms with van der Waals surface area (Å²) in [6.45, 7) is 0. The number of azo groups is 1. The monoisotopic (exact) mass is 269 g/mol. The molecule has 0 aliphatic rings. The summed E-state index contributed by atoms with van der Waals surface area (Å²) in [6.07, 6.45) is 0. The molecule has 0 unspecified atom stereocenters. The van der Waals surface area contributed by atoms with E-state index >= 15 is 0 Å². The van der Waals surface area contributed by atoms with Crippen molar-refractivity contribution in [1.29, 1.82) is 0 Å². The zero-order valence-electron chi connectivity index (χ0n) is 10.1. The van der Waals surface area contributed by atoms with Crippen molar-refractivity contribution in [3.63, 3.8) is 0 Å². The molecule has 0 aliphatic carbocycles. The summed E-state index contributed by atoms with van der Waals surface area (Å²) in [5.41, 5.74) is -0.277. The summed E-state index contributed by atoms with van der Waals surface area (Å²) < 4.78 is 0. The molecule has 0 spiro atoms. The maximum Gasteiger partial charge on any atom is 0.169 e. The van der Waals surface area contributed by atoms with E-state index in [9.17, 15) is 20.4 Å². The van der Waals surface area contributed by atoms with E-state index in [2.05, 4.69) is 10.2 Å². The summed E-state index contributed by atoms with van der Waals surface area (Å²) in [5.74, 6) is -1.02. The molecule has 0 saturated heterocycles. The minimum absolute atomic E-state index is 0. The first-order valence-electron chi connectivity index (χ1n) is 5.03. The Balaban J connectivity index is 0.00000180. The second-order valence-corrected chi connectivity index (χ2v) is 3.49. The summed E-state index contributed by atoms with van der Waals surface area (Å²) in [5, 5.41) is 45.1. The minimum atomic E-state index is -0.256. The first-order chi connectivity index (χ1) is 8.59. The van der Waals surface area contributed by atoms with Gasteiger partial charge in [0.05, 0.1) is 0 Å². The van der Waals surface area contributed by atoms with E-state index in [1.807, 2.05) is 0 Å². The molecule has 2 aromatic carbocycles. The van der Waals surface area contributed by atoms with E-state index in [0.717, 1.165) is 0 Å². The average molecular weight is 269 g/mol. The fourth-order valence-electron chi connectivity index (χ4n) is 1.34. The Morgan fingerprint density at radius 1 is 0.579 bits per heavy atom. The Morgan fingerprint density at radius 2 is 0.842 bits per heavy atom. The molecule has 6 nitrogen and oxygen atoms in total. The van der Waals surface area contributed by atoms with Crippen molar-refractivity contribution in [2.24, 2.45) is 10.2 Å². The van der Waals surface area contributed by atoms with Crippen molar-refractivity contribution in [2.75, 3.05) is 0 Å². The summed E-state index contributed by atoms with van der Waals surface area (Å²) in [7, 11) is 0. The SMILES string of the molecule is Oc1cccc(O)c1N=Nc1c(O)cccc1O.[Na]. The summed E-state index contributed by atoms with van der Waals surface area (Å²) in [6, 6.07) is 8.22. The standard InChI is InChI=1S/C12H10N2O4.Na/c15-7-3-1-4-8(16)11(7)13-14-12-9(17)5-2-6-10(12)18;/h1-6,15-18H;. The largest absolute Gasteiger partial charge is 0.505 e. The number of rotatable bonds is 2. The predicted molar refractivity (Wildman–Crippen MR) is 69.5 cm³/mol. The molecule has 0 fully saturated rings. The third-order valence-corrected chi connectivity index (χ3v) is 2.24. The average Bonchev–Trinajstić information content (AvgIpc) is 2.31. The fraction of sp³-hybridized carbons (Fsp3) is 0. The van der Waals surface area contributed by atoms with Gasteiger partial charge >= 0.3 is 0 Å². The van der Waals surface area contributed by atoms with Gasteiger partial charge in [0, 0.05) is 29.6 Å². The molecule has 0 atom stereocenters.